The van der Waals surface area contributed by atoms with E-state index in [9.17, 15) is 9.59 Å². The van der Waals surface area contributed by atoms with E-state index in [0.29, 0.717) is 30.0 Å². The van der Waals surface area contributed by atoms with E-state index < -0.39 is 5.97 Å². The van der Waals surface area contributed by atoms with Gasteiger partial charge in [0.1, 0.15) is 0 Å². The molecule has 1 aromatic carbocycles. The zero-order chi connectivity index (χ0) is 13.4. The van der Waals surface area contributed by atoms with Crippen LogP contribution in [0.4, 0.5) is 5.69 Å². The average molecular weight is 272 g/mol. The van der Waals surface area contributed by atoms with E-state index in [-0.39, 0.29) is 12.3 Å². The van der Waals surface area contributed by atoms with E-state index in [0.717, 1.165) is 0 Å². The predicted octanol–water partition coefficient (Wildman–Crippen LogP) is 2.86. The fourth-order valence-electron chi connectivity index (χ4n) is 1.36. The molecule has 0 heterocycles. The lowest BCUT2D eigenvalue weighted by atomic mass is 10.2. The Morgan fingerprint density at radius 1 is 1.17 bits per heavy atom. The van der Waals surface area contributed by atoms with E-state index >= 15 is 0 Å². The van der Waals surface area contributed by atoms with Crippen LogP contribution in [0.5, 0.6) is 0 Å². The Kier molecular flexibility index (Phi) is 6.18. The van der Waals surface area contributed by atoms with Gasteiger partial charge in [0.15, 0.2) is 0 Å². The van der Waals surface area contributed by atoms with Gasteiger partial charge in [-0.25, -0.2) is 4.79 Å². The molecule has 1 aromatic rings. The van der Waals surface area contributed by atoms with E-state index in [1.165, 1.54) is 0 Å². The van der Waals surface area contributed by atoms with Crippen LogP contribution < -0.4 is 5.32 Å². The van der Waals surface area contributed by atoms with Crippen LogP contribution in [0.3, 0.4) is 0 Å². The summed E-state index contributed by atoms with van der Waals surface area (Å²) < 4.78 is 0. The third kappa shape index (κ3) is 5.65. The number of carbonyl (C=O) groups is 2. The number of benzene rings is 1. The Hall–Kier alpha value is -1.59. The molecule has 0 unspecified atom stereocenters. The summed E-state index contributed by atoms with van der Waals surface area (Å²) in [6, 6.07) is 6.80. The van der Waals surface area contributed by atoms with Crippen LogP contribution in [0.1, 0.15) is 25.7 Å². The van der Waals surface area contributed by atoms with Crippen molar-refractivity contribution in [2.24, 2.45) is 0 Å². The largest absolute Gasteiger partial charge is 0.342 e. The van der Waals surface area contributed by atoms with E-state index in [4.69, 9.17) is 16.9 Å². The molecule has 0 spiro atoms. The molecule has 6 heteroatoms. The quantitative estimate of drug-likeness (QED) is 0.474. The van der Waals surface area contributed by atoms with Gasteiger partial charge in [0.25, 0.3) is 0 Å². The molecule has 98 valence electrons. The number of unbranched alkanes of at least 4 members (excludes halogenated alkanes) is 1. The zero-order valence-electron chi connectivity index (χ0n) is 9.69. The maximum absolute atomic E-state index is 11.5. The minimum atomic E-state index is -0.687. The van der Waals surface area contributed by atoms with Gasteiger partial charge in [0.2, 0.25) is 5.91 Å². The molecule has 0 saturated carbocycles. The predicted molar refractivity (Wildman–Crippen MR) is 67.3 cm³/mol. The number of anilines is 1. The van der Waals surface area contributed by atoms with Crippen LogP contribution in [-0.4, -0.2) is 17.1 Å². The van der Waals surface area contributed by atoms with Crippen molar-refractivity contribution in [1.29, 1.82) is 0 Å². The number of nitrogens with one attached hydrogen (secondary N) is 1. The van der Waals surface area contributed by atoms with Gasteiger partial charge in [0, 0.05) is 23.6 Å². The number of rotatable bonds is 6. The Balaban J connectivity index is 2.21. The third-order valence-electron chi connectivity index (χ3n) is 2.26. The molecule has 5 nitrogen and oxygen atoms in total. The van der Waals surface area contributed by atoms with Gasteiger partial charge in [-0.05, 0) is 37.1 Å². The normalized spacial score (nSPS) is 9.89. The Bertz CT molecular complexity index is 405. The highest BCUT2D eigenvalue weighted by Crippen LogP contribution is 2.14. The molecule has 0 saturated heterocycles. The summed E-state index contributed by atoms with van der Waals surface area (Å²) >= 11 is 5.72. The van der Waals surface area contributed by atoms with Crippen molar-refractivity contribution < 1.29 is 19.7 Å². The maximum atomic E-state index is 11.5. The summed E-state index contributed by atoms with van der Waals surface area (Å²) in [6.07, 6.45) is 1.45. The molecule has 0 aliphatic rings. The van der Waals surface area contributed by atoms with Crippen LogP contribution in [0.15, 0.2) is 24.3 Å². The Labute approximate surface area is 110 Å². The molecule has 0 aromatic heterocycles. The number of amides is 1. The van der Waals surface area contributed by atoms with Crippen molar-refractivity contribution in [3.8, 4) is 0 Å². The SMILES string of the molecule is O=C(CCCCC(=O)OO)Nc1ccc(Cl)cc1. The number of hydrogen-bond acceptors (Lipinski definition) is 4. The Morgan fingerprint density at radius 2 is 1.78 bits per heavy atom. The first-order valence-electron chi connectivity index (χ1n) is 5.51. The van der Waals surface area contributed by atoms with Gasteiger partial charge >= 0.3 is 5.97 Å². The highest BCUT2D eigenvalue weighted by molar-refractivity contribution is 6.30. The van der Waals surface area contributed by atoms with Gasteiger partial charge < -0.3 is 10.2 Å². The molecule has 1 amide bonds. The molecule has 0 radical (unpaired) electrons. The molecule has 0 aliphatic carbocycles. The lowest BCUT2D eigenvalue weighted by molar-refractivity contribution is -0.234. The summed E-state index contributed by atoms with van der Waals surface area (Å²) in [5.74, 6) is -0.817. The fraction of sp³-hybridized carbons (Fsp3) is 0.333. The second-order valence-corrected chi connectivity index (χ2v) is 4.16. The maximum Gasteiger partial charge on any atom is 0.342 e. The van der Waals surface area contributed by atoms with Crippen molar-refractivity contribution in [2.45, 2.75) is 25.7 Å². The highest BCUT2D eigenvalue weighted by Gasteiger charge is 2.05. The highest BCUT2D eigenvalue weighted by atomic mass is 35.5. The zero-order valence-corrected chi connectivity index (χ0v) is 10.4. The number of carbonyl (C=O) groups excluding carboxylic acids is 2. The minimum absolute atomic E-state index is 0.102. The molecule has 2 N–H and O–H groups in total. The van der Waals surface area contributed by atoms with Gasteiger partial charge in [-0.15, -0.1) is 0 Å². The van der Waals surface area contributed by atoms with Gasteiger partial charge in [-0.1, -0.05) is 11.6 Å². The minimum Gasteiger partial charge on any atom is -0.326 e. The van der Waals surface area contributed by atoms with Gasteiger partial charge in [-0.3, -0.25) is 4.79 Å². The third-order valence-corrected chi connectivity index (χ3v) is 2.52. The summed E-state index contributed by atoms with van der Waals surface area (Å²) in [7, 11) is 0. The first-order chi connectivity index (χ1) is 8.61. The summed E-state index contributed by atoms with van der Waals surface area (Å²) in [6.45, 7) is 0. The average Bonchev–Trinajstić information content (AvgIpc) is 2.37. The summed E-state index contributed by atoms with van der Waals surface area (Å²) in [4.78, 5) is 25.6. The molecule has 0 atom stereocenters. The van der Waals surface area contributed by atoms with Gasteiger partial charge in [-0.2, -0.15) is 5.26 Å². The molecule has 0 bridgehead atoms. The van der Waals surface area contributed by atoms with Crippen molar-refractivity contribution in [3.63, 3.8) is 0 Å². The lowest BCUT2D eigenvalue weighted by Crippen LogP contribution is -2.11. The second-order valence-electron chi connectivity index (χ2n) is 3.73. The first kappa shape index (κ1) is 14.5. The van der Waals surface area contributed by atoms with E-state index in [1.54, 1.807) is 24.3 Å². The second kappa shape index (κ2) is 7.68. The summed E-state index contributed by atoms with van der Waals surface area (Å²) in [5.41, 5.74) is 0.680. The monoisotopic (exact) mass is 271 g/mol. The molecular formula is C12H14ClNO4. The Morgan fingerprint density at radius 3 is 2.39 bits per heavy atom. The van der Waals surface area contributed by atoms with Crippen LogP contribution in [0.25, 0.3) is 0 Å². The van der Waals surface area contributed by atoms with Crippen LogP contribution in [0.2, 0.25) is 5.02 Å². The smallest absolute Gasteiger partial charge is 0.326 e. The van der Waals surface area contributed by atoms with Crippen molar-refractivity contribution in [1.82, 2.24) is 0 Å². The number of hydrogen-bond donors (Lipinski definition) is 2. The molecule has 0 aliphatic heterocycles. The van der Waals surface area contributed by atoms with Crippen LogP contribution in [-0.2, 0) is 14.5 Å². The van der Waals surface area contributed by atoms with Crippen LogP contribution in [0, 0.1) is 0 Å². The standard InChI is InChI=1S/C12H14ClNO4/c13-9-5-7-10(8-6-9)14-11(15)3-1-2-4-12(16)18-17/h5-8,17H,1-4H2,(H,14,15). The van der Waals surface area contributed by atoms with E-state index in [1.807, 2.05) is 0 Å². The van der Waals surface area contributed by atoms with Gasteiger partial charge in [0.05, 0.1) is 0 Å². The molecule has 1 rings (SSSR count). The van der Waals surface area contributed by atoms with E-state index in [2.05, 4.69) is 10.2 Å². The number of halogens is 1. The van der Waals surface area contributed by atoms with Crippen molar-refractivity contribution in [2.75, 3.05) is 5.32 Å². The fourth-order valence-corrected chi connectivity index (χ4v) is 1.48. The first-order valence-corrected chi connectivity index (χ1v) is 5.89. The van der Waals surface area contributed by atoms with Crippen LogP contribution >= 0.6 is 11.6 Å². The molecular weight excluding hydrogens is 258 g/mol. The summed E-state index contributed by atoms with van der Waals surface area (Å²) in [5, 5.41) is 11.3. The topological polar surface area (TPSA) is 75.6 Å². The van der Waals surface area contributed by atoms with Crippen molar-refractivity contribution >= 4 is 29.2 Å². The lowest BCUT2D eigenvalue weighted by Gasteiger charge is -2.04. The molecule has 0 fully saturated rings. The molecule has 18 heavy (non-hydrogen) atoms. The van der Waals surface area contributed by atoms with Crippen molar-refractivity contribution in [3.05, 3.63) is 29.3 Å².